The van der Waals surface area contributed by atoms with Gasteiger partial charge in [0.1, 0.15) is 0 Å². The van der Waals surface area contributed by atoms with Gasteiger partial charge in [-0.15, -0.1) is 0 Å². The molecule has 2 fully saturated rings. The molecule has 196 valence electrons. The highest BCUT2D eigenvalue weighted by Gasteiger charge is 2.39. The average molecular weight is 466 g/mol. The van der Waals surface area contributed by atoms with Crippen LogP contribution >= 0.6 is 0 Å². The number of hydrogen-bond donors (Lipinski definition) is 0. The first kappa shape index (κ1) is 29.1. The summed E-state index contributed by atoms with van der Waals surface area (Å²) in [5.41, 5.74) is 0.448. The van der Waals surface area contributed by atoms with Crippen LogP contribution in [0, 0.1) is 5.92 Å². The quantitative estimate of drug-likeness (QED) is 0.244. The molecule has 0 aromatic heterocycles. The molecule has 4 heteroatoms. The second kappa shape index (κ2) is 13.8. The van der Waals surface area contributed by atoms with Crippen LogP contribution in [0.1, 0.15) is 112 Å². The summed E-state index contributed by atoms with van der Waals surface area (Å²) in [4.78, 5) is 7.93. The van der Waals surface area contributed by atoms with Crippen LogP contribution in [0.2, 0.25) is 0 Å². The minimum absolute atomic E-state index is 0.0807. The van der Waals surface area contributed by atoms with Gasteiger partial charge in [0.25, 0.3) is 0 Å². The highest BCUT2D eigenvalue weighted by molar-refractivity contribution is 4.93. The van der Waals surface area contributed by atoms with Crippen molar-refractivity contribution in [1.29, 1.82) is 0 Å². The second-order valence-electron chi connectivity index (χ2n) is 12.4. The summed E-state index contributed by atoms with van der Waals surface area (Å²) in [6, 6.07) is 0.723. The molecular formula is C29H59N3O. The molecule has 1 atom stereocenters. The largest absolute Gasteiger partial charge is 0.372 e. The number of hydrogen-bond acceptors (Lipinski definition) is 4. The van der Waals surface area contributed by atoms with Crippen molar-refractivity contribution < 1.29 is 4.74 Å². The van der Waals surface area contributed by atoms with Crippen LogP contribution in [0.4, 0.5) is 0 Å². The molecule has 0 amide bonds. The minimum Gasteiger partial charge on any atom is -0.372 e. The second-order valence-corrected chi connectivity index (χ2v) is 12.4. The van der Waals surface area contributed by atoms with E-state index in [1.807, 2.05) is 0 Å². The first-order chi connectivity index (χ1) is 15.6. The van der Waals surface area contributed by atoms with Crippen LogP contribution in [-0.4, -0.2) is 84.8 Å². The van der Waals surface area contributed by atoms with Gasteiger partial charge in [-0.3, -0.25) is 9.80 Å². The van der Waals surface area contributed by atoms with Gasteiger partial charge >= 0.3 is 0 Å². The molecule has 0 N–H and O–H groups in total. The van der Waals surface area contributed by atoms with Crippen molar-refractivity contribution in [1.82, 2.24) is 14.7 Å². The molecule has 0 bridgehead atoms. The molecule has 33 heavy (non-hydrogen) atoms. The van der Waals surface area contributed by atoms with E-state index in [4.69, 9.17) is 4.74 Å². The lowest BCUT2D eigenvalue weighted by atomic mass is 9.84. The Balaban J connectivity index is 1.84. The van der Waals surface area contributed by atoms with Gasteiger partial charge in [0.2, 0.25) is 0 Å². The molecule has 0 aromatic rings. The maximum Gasteiger partial charge on any atom is 0.0655 e. The molecule has 1 saturated carbocycles. The molecule has 1 saturated heterocycles. The van der Waals surface area contributed by atoms with Crippen molar-refractivity contribution in [2.75, 3.05) is 46.8 Å². The fourth-order valence-corrected chi connectivity index (χ4v) is 5.98. The van der Waals surface area contributed by atoms with E-state index in [0.29, 0.717) is 11.6 Å². The topological polar surface area (TPSA) is 19.0 Å². The highest BCUT2D eigenvalue weighted by Crippen LogP contribution is 2.36. The number of piperidine rings is 1. The predicted octanol–water partition coefficient (Wildman–Crippen LogP) is 6.44. The average Bonchev–Trinajstić information content (AvgIpc) is 2.74. The summed E-state index contributed by atoms with van der Waals surface area (Å²) >= 11 is 0. The first-order valence-electron chi connectivity index (χ1n) is 14.4. The van der Waals surface area contributed by atoms with Gasteiger partial charge in [-0.05, 0) is 98.8 Å². The fourth-order valence-electron chi connectivity index (χ4n) is 5.98. The van der Waals surface area contributed by atoms with Crippen molar-refractivity contribution in [3.8, 4) is 0 Å². The maximum atomic E-state index is 6.70. The number of ether oxygens (including phenoxy) is 1. The van der Waals surface area contributed by atoms with Gasteiger partial charge in [0, 0.05) is 31.2 Å². The molecule has 0 radical (unpaired) electrons. The molecule has 0 aromatic carbocycles. The summed E-state index contributed by atoms with van der Waals surface area (Å²) in [5, 5.41) is 0. The third-order valence-electron chi connectivity index (χ3n) is 8.75. The summed E-state index contributed by atoms with van der Waals surface area (Å²) in [7, 11) is 4.42. The Kier molecular flexibility index (Phi) is 12.2. The molecule has 4 nitrogen and oxygen atoms in total. The summed E-state index contributed by atoms with van der Waals surface area (Å²) in [5.74, 6) is 0.857. The van der Waals surface area contributed by atoms with Gasteiger partial charge < -0.3 is 9.64 Å². The molecule has 2 aliphatic rings. The Bertz CT molecular complexity index is 523. The predicted molar refractivity (Wildman–Crippen MR) is 144 cm³/mol. The maximum absolute atomic E-state index is 6.70. The standard InChI is InChI=1S/C29H59N3O/c1-9-12-13-17-29(6,11-3)33-27-22-26(23-27)31(21-20-30(7)8)24-25-14-18-32(19-15-25)28(4,5)16-10-2/h25-27H,9-24H2,1-8H3. The third kappa shape index (κ3) is 9.43. The van der Waals surface area contributed by atoms with Gasteiger partial charge in [0.05, 0.1) is 11.7 Å². The third-order valence-corrected chi connectivity index (χ3v) is 8.75. The highest BCUT2D eigenvalue weighted by atomic mass is 16.5. The van der Waals surface area contributed by atoms with E-state index in [0.717, 1.165) is 24.9 Å². The van der Waals surface area contributed by atoms with Gasteiger partial charge in [-0.1, -0.05) is 46.5 Å². The molecule has 0 spiro atoms. The minimum atomic E-state index is 0.0807. The number of rotatable bonds is 16. The van der Waals surface area contributed by atoms with E-state index in [9.17, 15) is 0 Å². The zero-order valence-corrected chi connectivity index (χ0v) is 23.8. The Morgan fingerprint density at radius 1 is 0.879 bits per heavy atom. The zero-order chi connectivity index (χ0) is 24.5. The van der Waals surface area contributed by atoms with Gasteiger partial charge in [0.15, 0.2) is 0 Å². The number of unbranched alkanes of at least 4 members (excludes halogenated alkanes) is 2. The summed E-state index contributed by atoms with van der Waals surface area (Å²) < 4.78 is 6.70. The Morgan fingerprint density at radius 3 is 2.09 bits per heavy atom. The lowest BCUT2D eigenvalue weighted by Gasteiger charge is -2.48. The lowest BCUT2D eigenvalue weighted by Crippen LogP contribution is -2.54. The summed E-state index contributed by atoms with van der Waals surface area (Å²) in [6.45, 7) is 20.4. The van der Waals surface area contributed by atoms with Crippen LogP contribution in [0.25, 0.3) is 0 Å². The number of likely N-dealkylation sites (tertiary alicyclic amines) is 1. The van der Waals surface area contributed by atoms with E-state index in [1.54, 1.807) is 0 Å². The lowest BCUT2D eigenvalue weighted by molar-refractivity contribution is -0.142. The number of likely N-dealkylation sites (N-methyl/N-ethyl adjacent to an activating group) is 1. The van der Waals surface area contributed by atoms with Crippen LogP contribution in [0.5, 0.6) is 0 Å². The van der Waals surface area contributed by atoms with Gasteiger partial charge in [-0.2, -0.15) is 0 Å². The van der Waals surface area contributed by atoms with E-state index < -0.39 is 0 Å². The van der Waals surface area contributed by atoms with E-state index >= 15 is 0 Å². The van der Waals surface area contributed by atoms with Crippen molar-refractivity contribution in [2.45, 2.75) is 135 Å². The Morgan fingerprint density at radius 2 is 1.55 bits per heavy atom. The van der Waals surface area contributed by atoms with Crippen LogP contribution in [-0.2, 0) is 4.74 Å². The van der Waals surface area contributed by atoms with Crippen LogP contribution in [0.3, 0.4) is 0 Å². The first-order valence-corrected chi connectivity index (χ1v) is 14.4. The summed E-state index contributed by atoms with van der Waals surface area (Å²) in [6.07, 6.45) is 14.5. The van der Waals surface area contributed by atoms with E-state index in [2.05, 4.69) is 70.3 Å². The van der Waals surface area contributed by atoms with Crippen molar-refractivity contribution in [3.63, 3.8) is 0 Å². The Labute approximate surface area is 207 Å². The molecule has 1 aliphatic carbocycles. The SMILES string of the molecule is CCCCCC(C)(CC)OC1CC(N(CCN(C)C)CC2CCN(C(C)(C)CCC)CC2)C1. The smallest absolute Gasteiger partial charge is 0.0655 e. The fraction of sp³-hybridized carbons (Fsp3) is 1.00. The van der Waals surface area contributed by atoms with Crippen molar-refractivity contribution >= 4 is 0 Å². The van der Waals surface area contributed by atoms with Crippen LogP contribution in [0.15, 0.2) is 0 Å². The molecule has 1 heterocycles. The monoisotopic (exact) mass is 465 g/mol. The number of nitrogens with zero attached hydrogens (tertiary/aromatic N) is 3. The van der Waals surface area contributed by atoms with Crippen molar-refractivity contribution in [2.24, 2.45) is 5.92 Å². The van der Waals surface area contributed by atoms with Crippen molar-refractivity contribution in [3.05, 3.63) is 0 Å². The Hall–Kier alpha value is -0.160. The van der Waals surface area contributed by atoms with Gasteiger partial charge in [-0.25, -0.2) is 0 Å². The normalized spacial score (nSPS) is 24.9. The van der Waals surface area contributed by atoms with E-state index in [1.165, 1.54) is 90.4 Å². The molecule has 1 aliphatic heterocycles. The van der Waals surface area contributed by atoms with E-state index in [-0.39, 0.29) is 5.60 Å². The molecular weight excluding hydrogens is 406 g/mol. The zero-order valence-electron chi connectivity index (χ0n) is 23.8. The molecule has 1 unspecified atom stereocenters. The van der Waals surface area contributed by atoms with Crippen LogP contribution < -0.4 is 0 Å². The molecule has 2 rings (SSSR count).